The molecule has 0 aromatic heterocycles. The number of hydrogen-bond donors (Lipinski definition) is 3. The smallest absolute Gasteiger partial charge is 0.321 e. The molecule has 0 fully saturated rings. The van der Waals surface area contributed by atoms with E-state index in [1.165, 1.54) is 7.05 Å². The first-order valence-electron chi connectivity index (χ1n) is 5.18. The summed E-state index contributed by atoms with van der Waals surface area (Å²) in [5, 5.41) is 8.26. The van der Waals surface area contributed by atoms with Gasteiger partial charge < -0.3 is 10.6 Å². The topological polar surface area (TPSA) is 70.2 Å². The monoisotopic (exact) mass is 289 g/mol. The van der Waals surface area contributed by atoms with Crippen molar-refractivity contribution in [2.75, 3.05) is 12.4 Å². The first-order chi connectivity index (χ1) is 8.43. The fourth-order valence-corrected chi connectivity index (χ4v) is 1.53. The number of benzene rings is 1. The summed E-state index contributed by atoms with van der Waals surface area (Å²) in [6, 6.07) is 3.68. The van der Waals surface area contributed by atoms with E-state index in [0.29, 0.717) is 15.7 Å². The fraction of sp³-hybridized carbons (Fsp3) is 0.273. The third-order valence-corrected chi connectivity index (χ3v) is 2.72. The van der Waals surface area contributed by atoms with E-state index in [-0.39, 0.29) is 0 Å². The lowest BCUT2D eigenvalue weighted by molar-refractivity contribution is -0.120. The third kappa shape index (κ3) is 4.09. The van der Waals surface area contributed by atoms with Crippen LogP contribution < -0.4 is 16.0 Å². The Bertz CT molecular complexity index is 466. The Morgan fingerprint density at radius 3 is 2.56 bits per heavy atom. The van der Waals surface area contributed by atoms with Crippen molar-refractivity contribution in [1.82, 2.24) is 10.6 Å². The van der Waals surface area contributed by atoms with Crippen molar-refractivity contribution in [2.24, 2.45) is 0 Å². The van der Waals surface area contributed by atoms with Crippen molar-refractivity contribution in [3.05, 3.63) is 28.2 Å². The SMILES string of the molecule is CNC(=O)NC(=O)C(C)Nc1cc(Cl)ccc1Cl. The van der Waals surface area contributed by atoms with Gasteiger partial charge in [-0.2, -0.15) is 0 Å². The van der Waals surface area contributed by atoms with Crippen molar-refractivity contribution in [1.29, 1.82) is 0 Å². The molecule has 1 unspecified atom stereocenters. The molecule has 1 rings (SSSR count). The molecule has 0 aliphatic rings. The first kappa shape index (κ1) is 14.6. The number of imide groups is 1. The number of halogens is 2. The van der Waals surface area contributed by atoms with Gasteiger partial charge in [-0.15, -0.1) is 0 Å². The van der Waals surface area contributed by atoms with Gasteiger partial charge in [0.2, 0.25) is 5.91 Å². The van der Waals surface area contributed by atoms with E-state index in [9.17, 15) is 9.59 Å². The molecule has 5 nitrogen and oxygen atoms in total. The molecule has 0 spiro atoms. The van der Waals surface area contributed by atoms with Gasteiger partial charge in [0.25, 0.3) is 0 Å². The molecule has 0 saturated carbocycles. The van der Waals surface area contributed by atoms with Crippen molar-refractivity contribution in [3.63, 3.8) is 0 Å². The Hall–Kier alpha value is -1.46. The van der Waals surface area contributed by atoms with Gasteiger partial charge in [0.15, 0.2) is 0 Å². The number of rotatable bonds is 3. The molecule has 0 saturated heterocycles. The Balaban J connectivity index is 2.69. The van der Waals surface area contributed by atoms with Gasteiger partial charge >= 0.3 is 6.03 Å². The quantitative estimate of drug-likeness (QED) is 0.799. The Kier molecular flexibility index (Phi) is 5.25. The molecule has 3 N–H and O–H groups in total. The lowest BCUT2D eigenvalue weighted by atomic mass is 10.2. The van der Waals surface area contributed by atoms with Gasteiger partial charge in [-0.1, -0.05) is 23.2 Å². The standard InChI is InChI=1S/C11H13Cl2N3O2/c1-6(10(17)16-11(18)14-2)15-9-5-7(12)3-4-8(9)13/h3-6,15H,1-2H3,(H2,14,16,17,18). The maximum Gasteiger partial charge on any atom is 0.321 e. The van der Waals surface area contributed by atoms with Crippen molar-refractivity contribution in [3.8, 4) is 0 Å². The molecule has 0 bridgehead atoms. The van der Waals surface area contributed by atoms with Crippen LogP contribution >= 0.6 is 23.2 Å². The average molecular weight is 290 g/mol. The number of carbonyl (C=O) groups excluding carboxylic acids is 2. The zero-order valence-electron chi connectivity index (χ0n) is 9.88. The average Bonchev–Trinajstić information content (AvgIpc) is 2.33. The predicted octanol–water partition coefficient (Wildman–Crippen LogP) is 2.25. The fourth-order valence-electron chi connectivity index (χ4n) is 1.19. The zero-order chi connectivity index (χ0) is 13.7. The van der Waals surface area contributed by atoms with Crippen LogP contribution in [0.15, 0.2) is 18.2 Å². The van der Waals surface area contributed by atoms with Crippen LogP contribution in [-0.2, 0) is 4.79 Å². The van der Waals surface area contributed by atoms with Crippen LogP contribution in [0.25, 0.3) is 0 Å². The molecular weight excluding hydrogens is 277 g/mol. The van der Waals surface area contributed by atoms with Gasteiger partial charge in [0.1, 0.15) is 6.04 Å². The summed E-state index contributed by atoms with van der Waals surface area (Å²) in [7, 11) is 1.43. The van der Waals surface area contributed by atoms with Gasteiger partial charge in [-0.25, -0.2) is 4.79 Å². The highest BCUT2D eigenvalue weighted by atomic mass is 35.5. The molecule has 18 heavy (non-hydrogen) atoms. The molecule has 3 amide bonds. The molecule has 0 heterocycles. The summed E-state index contributed by atoms with van der Waals surface area (Å²) in [5.74, 6) is -0.467. The van der Waals surface area contributed by atoms with Crippen LogP contribution in [0.4, 0.5) is 10.5 Å². The molecule has 0 radical (unpaired) electrons. The third-order valence-electron chi connectivity index (χ3n) is 2.16. The molecule has 1 aromatic carbocycles. The van der Waals surface area contributed by atoms with E-state index in [0.717, 1.165) is 0 Å². The first-order valence-corrected chi connectivity index (χ1v) is 5.93. The van der Waals surface area contributed by atoms with Crippen LogP contribution in [0.3, 0.4) is 0 Å². The van der Waals surface area contributed by atoms with E-state index in [2.05, 4.69) is 16.0 Å². The number of urea groups is 1. The Morgan fingerprint density at radius 1 is 1.28 bits per heavy atom. The Labute approximate surface area is 115 Å². The van der Waals surface area contributed by atoms with Crippen LogP contribution in [0.5, 0.6) is 0 Å². The highest BCUT2D eigenvalue weighted by molar-refractivity contribution is 6.35. The minimum atomic E-state index is -0.627. The largest absolute Gasteiger partial charge is 0.373 e. The lowest BCUT2D eigenvalue weighted by Gasteiger charge is -2.15. The molecule has 98 valence electrons. The van der Waals surface area contributed by atoms with Gasteiger partial charge in [-0.3, -0.25) is 10.1 Å². The summed E-state index contributed by atoms with van der Waals surface area (Å²) >= 11 is 11.8. The Morgan fingerprint density at radius 2 is 1.94 bits per heavy atom. The molecule has 0 aliphatic heterocycles. The zero-order valence-corrected chi connectivity index (χ0v) is 11.4. The summed E-state index contributed by atoms with van der Waals surface area (Å²) in [6.07, 6.45) is 0. The number of amides is 3. The van der Waals surface area contributed by atoms with E-state index in [1.807, 2.05) is 0 Å². The van der Waals surface area contributed by atoms with Crippen LogP contribution in [0.2, 0.25) is 10.0 Å². The number of carbonyl (C=O) groups is 2. The summed E-state index contributed by atoms with van der Waals surface area (Å²) in [5.41, 5.74) is 0.531. The van der Waals surface area contributed by atoms with E-state index < -0.39 is 18.0 Å². The highest BCUT2D eigenvalue weighted by Crippen LogP contribution is 2.25. The number of anilines is 1. The van der Waals surface area contributed by atoms with E-state index >= 15 is 0 Å². The summed E-state index contributed by atoms with van der Waals surface area (Å²) < 4.78 is 0. The normalized spacial score (nSPS) is 11.6. The number of nitrogens with one attached hydrogen (secondary N) is 3. The minimum absolute atomic E-state index is 0.444. The maximum absolute atomic E-state index is 11.6. The second kappa shape index (κ2) is 6.47. The maximum atomic E-state index is 11.6. The summed E-state index contributed by atoms with van der Waals surface area (Å²) in [6.45, 7) is 1.61. The van der Waals surface area contributed by atoms with E-state index in [1.54, 1.807) is 25.1 Å². The molecule has 0 aliphatic carbocycles. The summed E-state index contributed by atoms with van der Waals surface area (Å²) in [4.78, 5) is 22.6. The predicted molar refractivity (Wildman–Crippen MR) is 72.1 cm³/mol. The minimum Gasteiger partial charge on any atom is -0.373 e. The molecule has 7 heteroatoms. The van der Waals surface area contributed by atoms with E-state index in [4.69, 9.17) is 23.2 Å². The van der Waals surface area contributed by atoms with Gasteiger partial charge in [-0.05, 0) is 25.1 Å². The second-order valence-corrected chi connectivity index (χ2v) is 4.40. The molecule has 1 atom stereocenters. The van der Waals surface area contributed by atoms with Crippen LogP contribution in [0.1, 0.15) is 6.92 Å². The van der Waals surface area contributed by atoms with Crippen LogP contribution in [0, 0.1) is 0 Å². The van der Waals surface area contributed by atoms with Crippen molar-refractivity contribution >= 4 is 40.8 Å². The van der Waals surface area contributed by atoms with Gasteiger partial charge in [0, 0.05) is 12.1 Å². The molecular formula is C11H13Cl2N3O2. The number of hydrogen-bond acceptors (Lipinski definition) is 3. The lowest BCUT2D eigenvalue weighted by Crippen LogP contribution is -2.44. The van der Waals surface area contributed by atoms with Crippen LogP contribution in [-0.4, -0.2) is 25.0 Å². The van der Waals surface area contributed by atoms with Crippen molar-refractivity contribution in [2.45, 2.75) is 13.0 Å². The van der Waals surface area contributed by atoms with Gasteiger partial charge in [0.05, 0.1) is 10.7 Å². The molecule has 1 aromatic rings. The second-order valence-electron chi connectivity index (χ2n) is 3.56. The van der Waals surface area contributed by atoms with Crippen molar-refractivity contribution < 1.29 is 9.59 Å². The highest BCUT2D eigenvalue weighted by Gasteiger charge is 2.16.